The van der Waals surface area contributed by atoms with E-state index in [0.717, 1.165) is 28.6 Å². The van der Waals surface area contributed by atoms with Crippen LogP contribution < -0.4 is 0 Å². The Morgan fingerprint density at radius 3 is 3.05 bits per heavy atom. The van der Waals surface area contributed by atoms with Crippen molar-refractivity contribution in [1.29, 1.82) is 0 Å². The van der Waals surface area contributed by atoms with Crippen LogP contribution in [0, 0.1) is 0 Å². The number of imidazole rings is 2. The van der Waals surface area contributed by atoms with Crippen LogP contribution in [-0.2, 0) is 13.0 Å². The maximum Gasteiger partial charge on any atom is 0.202 e. The maximum absolute atomic E-state index is 5.37. The third kappa shape index (κ3) is 2.15. The first-order chi connectivity index (χ1) is 10.3. The summed E-state index contributed by atoms with van der Waals surface area (Å²) in [6, 6.07) is 1.94. The zero-order valence-electron chi connectivity index (χ0n) is 11.4. The summed E-state index contributed by atoms with van der Waals surface area (Å²) >= 11 is 1.63. The molecule has 0 amide bonds. The molecule has 0 aliphatic heterocycles. The lowest BCUT2D eigenvalue weighted by Crippen LogP contribution is -2.00. The number of thiazole rings is 1. The van der Waals surface area contributed by atoms with Gasteiger partial charge in [0.1, 0.15) is 0 Å². The van der Waals surface area contributed by atoms with Crippen molar-refractivity contribution in [1.82, 2.24) is 24.1 Å². The van der Waals surface area contributed by atoms with E-state index in [-0.39, 0.29) is 0 Å². The van der Waals surface area contributed by atoms with Crippen LogP contribution in [0.2, 0.25) is 0 Å². The van der Waals surface area contributed by atoms with Crippen LogP contribution in [0.1, 0.15) is 18.3 Å². The molecule has 0 fully saturated rings. The summed E-state index contributed by atoms with van der Waals surface area (Å²) in [7, 11) is 0. The van der Waals surface area contributed by atoms with Crippen LogP contribution in [0.3, 0.4) is 0 Å². The highest BCUT2D eigenvalue weighted by atomic mass is 32.1. The van der Waals surface area contributed by atoms with E-state index in [4.69, 9.17) is 4.52 Å². The minimum atomic E-state index is 0.659. The number of hydrogen-bond donors (Lipinski definition) is 0. The van der Waals surface area contributed by atoms with Gasteiger partial charge in [0, 0.05) is 36.2 Å². The summed E-state index contributed by atoms with van der Waals surface area (Å²) in [5, 5.41) is 6.04. The first-order valence-electron chi connectivity index (χ1n) is 6.71. The quantitative estimate of drug-likeness (QED) is 0.581. The molecule has 6 nitrogen and oxygen atoms in total. The maximum atomic E-state index is 5.37. The van der Waals surface area contributed by atoms with Crippen molar-refractivity contribution in [2.75, 3.05) is 0 Å². The Labute approximate surface area is 124 Å². The van der Waals surface area contributed by atoms with Gasteiger partial charge >= 0.3 is 0 Å². The summed E-state index contributed by atoms with van der Waals surface area (Å²) in [4.78, 5) is 9.96. The fourth-order valence-corrected chi connectivity index (χ4v) is 2.99. The standard InChI is InChI=1S/C14H13N5OS/c1-2-10-7-12(20-17-10)13-15-3-4-18(13)8-11-9-19-5-6-21-14(19)16-11/h3-7,9H,2,8H2,1H3. The average molecular weight is 299 g/mol. The predicted molar refractivity (Wildman–Crippen MR) is 79.3 cm³/mol. The van der Waals surface area contributed by atoms with E-state index in [1.165, 1.54) is 0 Å². The van der Waals surface area contributed by atoms with E-state index in [9.17, 15) is 0 Å². The topological polar surface area (TPSA) is 61.2 Å². The van der Waals surface area contributed by atoms with Crippen molar-refractivity contribution in [3.05, 3.63) is 47.6 Å². The van der Waals surface area contributed by atoms with E-state index in [0.29, 0.717) is 12.3 Å². The Kier molecular flexibility index (Phi) is 2.85. The monoisotopic (exact) mass is 299 g/mol. The second kappa shape index (κ2) is 4.85. The number of aromatic nitrogens is 5. The molecule has 0 aliphatic carbocycles. The van der Waals surface area contributed by atoms with E-state index in [1.807, 2.05) is 45.9 Å². The van der Waals surface area contributed by atoms with Gasteiger partial charge < -0.3 is 9.09 Å². The Bertz CT molecular complexity index is 855. The van der Waals surface area contributed by atoms with Crippen molar-refractivity contribution < 1.29 is 4.52 Å². The molecule has 7 heteroatoms. The van der Waals surface area contributed by atoms with Crippen LogP contribution in [0.5, 0.6) is 0 Å². The SMILES string of the molecule is CCc1cc(-c2nccn2Cc2cn3ccsc3n2)on1. The highest BCUT2D eigenvalue weighted by Crippen LogP contribution is 2.20. The van der Waals surface area contributed by atoms with E-state index < -0.39 is 0 Å². The molecule has 4 aromatic rings. The molecule has 4 rings (SSSR count). The minimum absolute atomic E-state index is 0.659. The molecule has 0 bridgehead atoms. The molecule has 4 heterocycles. The highest BCUT2D eigenvalue weighted by molar-refractivity contribution is 7.15. The van der Waals surface area contributed by atoms with Gasteiger partial charge in [-0.05, 0) is 6.42 Å². The molecule has 0 aliphatic rings. The number of aryl methyl sites for hydroxylation is 1. The van der Waals surface area contributed by atoms with E-state index in [1.54, 1.807) is 17.5 Å². The molecule has 0 radical (unpaired) electrons. The lowest BCUT2D eigenvalue weighted by Gasteiger charge is -2.02. The first-order valence-corrected chi connectivity index (χ1v) is 7.59. The van der Waals surface area contributed by atoms with Crippen LogP contribution in [0.15, 0.2) is 40.8 Å². The van der Waals surface area contributed by atoms with E-state index in [2.05, 4.69) is 15.1 Å². The molecule has 0 spiro atoms. The molecular formula is C14H13N5OS. The second-order valence-corrected chi connectivity index (χ2v) is 5.61. The first kappa shape index (κ1) is 12.3. The van der Waals surface area contributed by atoms with Gasteiger partial charge in [0.2, 0.25) is 5.76 Å². The largest absolute Gasteiger partial charge is 0.353 e. The lowest BCUT2D eigenvalue weighted by molar-refractivity contribution is 0.420. The molecule has 0 atom stereocenters. The van der Waals surface area contributed by atoms with Gasteiger partial charge in [-0.1, -0.05) is 12.1 Å². The van der Waals surface area contributed by atoms with Crippen LogP contribution in [-0.4, -0.2) is 24.1 Å². The van der Waals surface area contributed by atoms with Crippen LogP contribution >= 0.6 is 11.3 Å². The molecule has 21 heavy (non-hydrogen) atoms. The zero-order valence-corrected chi connectivity index (χ0v) is 12.2. The molecule has 0 saturated heterocycles. The summed E-state index contributed by atoms with van der Waals surface area (Å²) < 4.78 is 9.41. The van der Waals surface area contributed by atoms with Crippen molar-refractivity contribution >= 4 is 16.3 Å². The Morgan fingerprint density at radius 1 is 1.29 bits per heavy atom. The van der Waals surface area contributed by atoms with Gasteiger partial charge in [-0.2, -0.15) is 0 Å². The Balaban J connectivity index is 1.66. The summed E-state index contributed by atoms with van der Waals surface area (Å²) in [5.74, 6) is 1.47. The highest BCUT2D eigenvalue weighted by Gasteiger charge is 2.13. The zero-order chi connectivity index (χ0) is 14.2. The third-order valence-electron chi connectivity index (χ3n) is 3.33. The summed E-state index contributed by atoms with van der Waals surface area (Å²) in [6.45, 7) is 2.71. The van der Waals surface area contributed by atoms with Gasteiger partial charge in [0.05, 0.1) is 17.9 Å². The van der Waals surface area contributed by atoms with Crippen LogP contribution in [0.4, 0.5) is 0 Å². The summed E-state index contributed by atoms with van der Waals surface area (Å²) in [5.41, 5.74) is 1.93. The molecule has 0 aromatic carbocycles. The fraction of sp³-hybridized carbons (Fsp3) is 0.214. The van der Waals surface area contributed by atoms with Crippen LogP contribution in [0.25, 0.3) is 16.5 Å². The van der Waals surface area contributed by atoms with Gasteiger partial charge in [0.15, 0.2) is 10.8 Å². The number of rotatable bonds is 4. The number of nitrogens with zero attached hydrogens (tertiary/aromatic N) is 5. The smallest absolute Gasteiger partial charge is 0.202 e. The van der Waals surface area contributed by atoms with Gasteiger partial charge in [0.25, 0.3) is 0 Å². The fourth-order valence-electron chi connectivity index (χ4n) is 2.27. The molecule has 0 saturated carbocycles. The molecule has 0 unspecified atom stereocenters. The van der Waals surface area contributed by atoms with Gasteiger partial charge in [-0.25, -0.2) is 9.97 Å². The predicted octanol–water partition coefficient (Wildman–Crippen LogP) is 2.86. The second-order valence-electron chi connectivity index (χ2n) is 4.74. The molecule has 0 N–H and O–H groups in total. The van der Waals surface area contributed by atoms with Crippen molar-refractivity contribution in [2.24, 2.45) is 0 Å². The number of hydrogen-bond acceptors (Lipinski definition) is 5. The van der Waals surface area contributed by atoms with E-state index >= 15 is 0 Å². The molecule has 106 valence electrons. The van der Waals surface area contributed by atoms with Crippen molar-refractivity contribution in [3.8, 4) is 11.6 Å². The van der Waals surface area contributed by atoms with Gasteiger partial charge in [-0.3, -0.25) is 4.40 Å². The third-order valence-corrected chi connectivity index (χ3v) is 4.10. The number of fused-ring (bicyclic) bond motifs is 1. The molecule has 4 aromatic heterocycles. The lowest BCUT2D eigenvalue weighted by atomic mass is 10.3. The normalized spacial score (nSPS) is 11.5. The van der Waals surface area contributed by atoms with Crippen molar-refractivity contribution in [3.63, 3.8) is 0 Å². The summed E-state index contributed by atoms with van der Waals surface area (Å²) in [6.07, 6.45) is 8.59. The Morgan fingerprint density at radius 2 is 2.24 bits per heavy atom. The Hall–Kier alpha value is -2.41. The minimum Gasteiger partial charge on any atom is -0.353 e. The van der Waals surface area contributed by atoms with Crippen molar-refractivity contribution in [2.45, 2.75) is 19.9 Å². The molecular weight excluding hydrogens is 286 g/mol. The average Bonchev–Trinajstić information content (AvgIpc) is 3.21. The van der Waals surface area contributed by atoms with Gasteiger partial charge in [-0.15, -0.1) is 11.3 Å².